The zero-order valence-electron chi connectivity index (χ0n) is 12.2. The van der Waals surface area contributed by atoms with Gasteiger partial charge in [0, 0.05) is 6.54 Å². The van der Waals surface area contributed by atoms with Crippen LogP contribution in [0.2, 0.25) is 5.31 Å². The SMILES string of the molecule is CC(C)(C)OC(=O)N1CC2(F)CC([B-](F)(F)F)(C1)C2.[K+]. The van der Waals surface area contributed by atoms with Gasteiger partial charge in [0.05, 0.1) is 6.54 Å². The summed E-state index contributed by atoms with van der Waals surface area (Å²) in [6.07, 6.45) is -1.93. The molecule has 3 aliphatic rings. The van der Waals surface area contributed by atoms with E-state index in [9.17, 15) is 22.1 Å². The molecule has 3 fully saturated rings. The second kappa shape index (κ2) is 5.40. The largest absolute Gasteiger partial charge is 1.00 e. The van der Waals surface area contributed by atoms with Crippen LogP contribution >= 0.6 is 0 Å². The van der Waals surface area contributed by atoms with Crippen LogP contribution in [-0.2, 0) is 4.74 Å². The van der Waals surface area contributed by atoms with Gasteiger partial charge in [-0.25, -0.2) is 9.18 Å². The number of ether oxygens (including phenoxy) is 1. The van der Waals surface area contributed by atoms with Crippen LogP contribution in [0.3, 0.4) is 0 Å². The maximum atomic E-state index is 14.0. The molecule has 110 valence electrons. The van der Waals surface area contributed by atoms with Crippen molar-refractivity contribution in [3.63, 3.8) is 0 Å². The number of piperidine rings is 2. The Morgan fingerprint density at radius 1 is 1.20 bits per heavy atom. The maximum absolute atomic E-state index is 14.0. The number of carbonyl (C=O) groups is 1. The van der Waals surface area contributed by atoms with Crippen LogP contribution in [0, 0.1) is 0 Å². The van der Waals surface area contributed by atoms with E-state index < -0.39 is 49.0 Å². The third-order valence-corrected chi connectivity index (χ3v) is 3.66. The molecule has 0 N–H and O–H groups in total. The van der Waals surface area contributed by atoms with E-state index in [2.05, 4.69) is 0 Å². The molecule has 1 amide bonds. The molecule has 0 aromatic heterocycles. The van der Waals surface area contributed by atoms with Crippen molar-refractivity contribution in [1.82, 2.24) is 4.90 Å². The Labute approximate surface area is 158 Å². The van der Waals surface area contributed by atoms with E-state index in [1.807, 2.05) is 0 Å². The molecule has 0 radical (unpaired) electrons. The summed E-state index contributed by atoms with van der Waals surface area (Å²) < 4.78 is 58.1. The van der Waals surface area contributed by atoms with Crippen LogP contribution in [0.25, 0.3) is 0 Å². The number of amides is 1. The van der Waals surface area contributed by atoms with E-state index in [0.717, 1.165) is 4.90 Å². The van der Waals surface area contributed by atoms with Crippen molar-refractivity contribution in [2.24, 2.45) is 0 Å². The second-order valence-corrected chi connectivity index (χ2v) is 6.78. The van der Waals surface area contributed by atoms with E-state index in [1.165, 1.54) is 0 Å². The number of hydrogen-bond acceptors (Lipinski definition) is 2. The van der Waals surface area contributed by atoms with E-state index in [0.29, 0.717) is 0 Å². The molecule has 1 saturated carbocycles. The van der Waals surface area contributed by atoms with Crippen molar-refractivity contribution in [3.8, 4) is 0 Å². The van der Waals surface area contributed by atoms with Gasteiger partial charge >= 0.3 is 64.5 Å². The Hall–Kier alpha value is 0.691. The molecular formula is C11H17BF4KNO2. The Morgan fingerprint density at radius 3 is 2.10 bits per heavy atom. The molecule has 2 heterocycles. The van der Waals surface area contributed by atoms with Crippen LogP contribution in [0.4, 0.5) is 22.1 Å². The first-order valence-electron chi connectivity index (χ1n) is 6.22. The van der Waals surface area contributed by atoms with Crippen molar-refractivity contribution in [1.29, 1.82) is 0 Å². The Balaban J connectivity index is 0.00000200. The minimum absolute atomic E-state index is 0. The van der Waals surface area contributed by atoms with Crippen LogP contribution < -0.4 is 51.4 Å². The molecule has 0 atom stereocenters. The van der Waals surface area contributed by atoms with E-state index in [1.54, 1.807) is 20.8 Å². The molecule has 2 aliphatic heterocycles. The van der Waals surface area contributed by atoms with Gasteiger partial charge in [0.1, 0.15) is 11.3 Å². The molecule has 20 heavy (non-hydrogen) atoms. The van der Waals surface area contributed by atoms with Crippen LogP contribution in [0.15, 0.2) is 0 Å². The third-order valence-electron chi connectivity index (χ3n) is 3.66. The predicted octanol–water partition coefficient (Wildman–Crippen LogP) is 0.331. The monoisotopic (exact) mass is 321 g/mol. The van der Waals surface area contributed by atoms with Crippen LogP contribution in [0.1, 0.15) is 33.6 Å². The van der Waals surface area contributed by atoms with Crippen LogP contribution in [-0.4, -0.2) is 42.3 Å². The van der Waals surface area contributed by atoms with Crippen molar-refractivity contribution in [2.75, 3.05) is 13.1 Å². The molecule has 3 rings (SSSR count). The Morgan fingerprint density at radius 2 is 1.70 bits per heavy atom. The van der Waals surface area contributed by atoms with Gasteiger partial charge in [0.15, 0.2) is 0 Å². The fraction of sp³-hybridized carbons (Fsp3) is 0.909. The summed E-state index contributed by atoms with van der Waals surface area (Å²) in [5.41, 5.74) is -2.72. The third kappa shape index (κ3) is 3.53. The van der Waals surface area contributed by atoms with Gasteiger partial charge in [0.2, 0.25) is 0 Å². The summed E-state index contributed by atoms with van der Waals surface area (Å²) in [6, 6.07) is 0. The molecule has 3 nitrogen and oxygen atoms in total. The standard InChI is InChI=1S/C11H17BF4NO2.K/c1-9(2,3)19-8(18)17-6-10(12(14,15)16)4-11(13,5-10)7-17;/h4-7H2,1-3H3;/q-1;+1. The number of rotatable bonds is 1. The Bertz CT molecular complexity index is 404. The fourth-order valence-corrected chi connectivity index (χ4v) is 3.00. The second-order valence-electron chi connectivity index (χ2n) is 6.78. The first-order valence-corrected chi connectivity index (χ1v) is 6.22. The van der Waals surface area contributed by atoms with Gasteiger partial charge in [-0.05, 0) is 38.9 Å². The first-order chi connectivity index (χ1) is 8.36. The van der Waals surface area contributed by atoms with Crippen molar-refractivity contribution >= 4 is 13.1 Å². The van der Waals surface area contributed by atoms with Gasteiger partial charge < -0.3 is 22.6 Å². The summed E-state index contributed by atoms with van der Waals surface area (Å²) in [5, 5.41) is -2.04. The topological polar surface area (TPSA) is 29.5 Å². The fourth-order valence-electron chi connectivity index (χ4n) is 3.00. The number of hydrogen-bond donors (Lipinski definition) is 0. The number of fused-ring (bicyclic) bond motifs is 2. The quantitative estimate of drug-likeness (QED) is 0.515. The predicted molar refractivity (Wildman–Crippen MR) is 62.7 cm³/mol. The number of nitrogens with zero attached hydrogens (tertiary/aromatic N) is 1. The molecule has 1 aliphatic carbocycles. The van der Waals surface area contributed by atoms with Crippen molar-refractivity contribution in [3.05, 3.63) is 0 Å². The van der Waals surface area contributed by atoms with Gasteiger partial charge in [0.25, 0.3) is 0 Å². The molecule has 9 heteroatoms. The van der Waals surface area contributed by atoms with Gasteiger partial charge in [-0.1, -0.05) is 0 Å². The van der Waals surface area contributed by atoms with Crippen LogP contribution in [0.5, 0.6) is 0 Å². The summed E-state index contributed by atoms with van der Waals surface area (Å²) in [5.74, 6) is 0. The zero-order chi connectivity index (χ0) is 14.7. The average Bonchev–Trinajstić information content (AvgIpc) is 2.10. The molecule has 0 aromatic rings. The normalized spacial score (nSPS) is 33.0. The summed E-state index contributed by atoms with van der Waals surface area (Å²) in [6.45, 7) is -1.12. The first kappa shape index (κ1) is 18.7. The summed E-state index contributed by atoms with van der Waals surface area (Å²) >= 11 is 0. The van der Waals surface area contributed by atoms with Crippen molar-refractivity contribution in [2.45, 2.75) is 50.2 Å². The Kier molecular flexibility index (Phi) is 5.06. The minimum Gasteiger partial charge on any atom is -0.448 e. The smallest absolute Gasteiger partial charge is 0.448 e. The number of halogens is 4. The van der Waals surface area contributed by atoms with E-state index in [-0.39, 0.29) is 57.9 Å². The molecule has 0 aromatic carbocycles. The van der Waals surface area contributed by atoms with E-state index >= 15 is 0 Å². The van der Waals surface area contributed by atoms with Gasteiger partial charge in [-0.15, -0.1) is 0 Å². The number of carbonyl (C=O) groups excluding carboxylic acids is 1. The summed E-state index contributed by atoms with van der Waals surface area (Å²) in [7, 11) is 0. The maximum Gasteiger partial charge on any atom is 1.00 e. The molecule has 0 spiro atoms. The van der Waals surface area contributed by atoms with Gasteiger partial charge in [-0.2, -0.15) is 0 Å². The molecule has 2 bridgehead atoms. The molecule has 2 saturated heterocycles. The zero-order valence-corrected chi connectivity index (χ0v) is 15.3. The van der Waals surface area contributed by atoms with Gasteiger partial charge in [-0.3, -0.25) is 0 Å². The number of alkyl halides is 1. The minimum atomic E-state index is -5.17. The van der Waals surface area contributed by atoms with Crippen molar-refractivity contribution < 1.29 is 78.3 Å². The summed E-state index contributed by atoms with van der Waals surface area (Å²) in [4.78, 5) is 12.6. The van der Waals surface area contributed by atoms with E-state index in [4.69, 9.17) is 4.74 Å². The average molecular weight is 321 g/mol. The molecular weight excluding hydrogens is 304 g/mol. The molecule has 0 unspecified atom stereocenters.